The first kappa shape index (κ1) is 15.8. The fraction of sp³-hybridized carbons (Fsp3) is 0.500. The number of carbonyl (C=O) groups excluding carboxylic acids is 1. The largest absolute Gasteiger partial charge is 0.493 e. The van der Waals surface area contributed by atoms with Gasteiger partial charge in [-0.1, -0.05) is 6.92 Å². The number of rotatable bonds is 4. The molecule has 1 aromatic carbocycles. The molecule has 1 aliphatic heterocycles. The Labute approximate surface area is 124 Å². The lowest BCUT2D eigenvalue weighted by Gasteiger charge is -2.18. The Morgan fingerprint density at radius 1 is 1.48 bits per heavy atom. The predicted octanol–water partition coefficient (Wildman–Crippen LogP) is 1.21. The highest BCUT2D eigenvalue weighted by molar-refractivity contribution is 7.89. The van der Waals surface area contributed by atoms with Crippen molar-refractivity contribution < 1.29 is 17.9 Å². The molecule has 1 amide bonds. The van der Waals surface area contributed by atoms with E-state index in [1.54, 1.807) is 11.8 Å². The van der Waals surface area contributed by atoms with Crippen LogP contribution in [-0.2, 0) is 10.0 Å². The summed E-state index contributed by atoms with van der Waals surface area (Å²) in [7, 11) is -3.85. The predicted molar refractivity (Wildman–Crippen MR) is 78.7 cm³/mol. The zero-order valence-electron chi connectivity index (χ0n) is 12.2. The van der Waals surface area contributed by atoms with E-state index in [0.717, 1.165) is 6.42 Å². The molecule has 1 fully saturated rings. The van der Waals surface area contributed by atoms with Crippen LogP contribution in [0.2, 0.25) is 0 Å². The van der Waals surface area contributed by atoms with Crippen LogP contribution in [0.25, 0.3) is 0 Å². The maximum atomic E-state index is 12.6. The number of hydrogen-bond acceptors (Lipinski definition) is 4. The summed E-state index contributed by atoms with van der Waals surface area (Å²) < 4.78 is 28.4. The average Bonchev–Trinajstić information content (AvgIpc) is 2.84. The van der Waals surface area contributed by atoms with Gasteiger partial charge in [-0.15, -0.1) is 0 Å². The van der Waals surface area contributed by atoms with Crippen molar-refractivity contribution in [2.45, 2.75) is 25.2 Å². The van der Waals surface area contributed by atoms with Gasteiger partial charge in [0.05, 0.1) is 17.1 Å². The van der Waals surface area contributed by atoms with Crippen molar-refractivity contribution in [3.8, 4) is 5.75 Å². The van der Waals surface area contributed by atoms with Gasteiger partial charge in [-0.25, -0.2) is 13.6 Å². The number of sulfonamides is 1. The molecule has 21 heavy (non-hydrogen) atoms. The summed E-state index contributed by atoms with van der Waals surface area (Å²) in [6, 6.07) is 4.13. The number of amides is 1. The third-order valence-electron chi connectivity index (χ3n) is 3.52. The summed E-state index contributed by atoms with van der Waals surface area (Å²) in [5.41, 5.74) is 0.248. The molecule has 6 nitrogen and oxygen atoms in total. The Morgan fingerprint density at radius 3 is 2.71 bits per heavy atom. The molecule has 1 atom stereocenters. The van der Waals surface area contributed by atoms with Crippen LogP contribution in [0.15, 0.2) is 23.1 Å². The third-order valence-corrected chi connectivity index (χ3v) is 4.43. The van der Waals surface area contributed by atoms with E-state index in [2.05, 4.69) is 6.92 Å². The van der Waals surface area contributed by atoms with Crippen LogP contribution in [0.3, 0.4) is 0 Å². The first-order chi connectivity index (χ1) is 9.82. The van der Waals surface area contributed by atoms with E-state index in [1.807, 2.05) is 0 Å². The fourth-order valence-electron chi connectivity index (χ4n) is 2.42. The van der Waals surface area contributed by atoms with Crippen LogP contribution < -0.4 is 9.88 Å². The number of primary sulfonamides is 1. The Kier molecular flexibility index (Phi) is 4.53. The number of nitrogens with zero attached hydrogens (tertiary/aromatic N) is 1. The molecule has 0 aromatic heterocycles. The maximum Gasteiger partial charge on any atom is 0.257 e. The molecule has 0 aliphatic carbocycles. The van der Waals surface area contributed by atoms with Gasteiger partial charge in [-0.05, 0) is 37.5 Å². The number of benzene rings is 1. The molecular formula is C14H20N2O4S. The van der Waals surface area contributed by atoms with Gasteiger partial charge in [-0.2, -0.15) is 0 Å². The molecule has 116 valence electrons. The molecule has 1 aromatic rings. The van der Waals surface area contributed by atoms with E-state index in [1.165, 1.54) is 18.2 Å². The summed E-state index contributed by atoms with van der Waals surface area (Å²) >= 11 is 0. The summed E-state index contributed by atoms with van der Waals surface area (Å²) in [6.45, 7) is 5.62. The Hall–Kier alpha value is -1.60. The van der Waals surface area contributed by atoms with E-state index in [-0.39, 0.29) is 16.4 Å². The molecular weight excluding hydrogens is 292 g/mol. The molecule has 1 aliphatic rings. The lowest BCUT2D eigenvalue weighted by Crippen LogP contribution is -2.29. The van der Waals surface area contributed by atoms with Crippen LogP contribution in [-0.4, -0.2) is 38.9 Å². The van der Waals surface area contributed by atoms with E-state index < -0.39 is 10.0 Å². The number of likely N-dealkylation sites (tertiary alicyclic amines) is 1. The van der Waals surface area contributed by atoms with Crippen LogP contribution in [0, 0.1) is 5.92 Å². The van der Waals surface area contributed by atoms with Crippen molar-refractivity contribution in [2.75, 3.05) is 19.7 Å². The highest BCUT2D eigenvalue weighted by atomic mass is 32.2. The number of nitrogens with two attached hydrogens (primary N) is 1. The summed E-state index contributed by atoms with van der Waals surface area (Å²) in [5.74, 6) is 0.619. The van der Waals surface area contributed by atoms with E-state index >= 15 is 0 Å². The van der Waals surface area contributed by atoms with Crippen molar-refractivity contribution in [2.24, 2.45) is 11.1 Å². The molecule has 7 heteroatoms. The molecule has 1 unspecified atom stereocenters. The van der Waals surface area contributed by atoms with Crippen molar-refractivity contribution in [3.63, 3.8) is 0 Å². The molecule has 1 saturated heterocycles. The second kappa shape index (κ2) is 6.03. The monoisotopic (exact) mass is 312 g/mol. The van der Waals surface area contributed by atoms with E-state index in [0.29, 0.717) is 31.4 Å². The quantitative estimate of drug-likeness (QED) is 0.905. The molecule has 0 radical (unpaired) electrons. The summed E-state index contributed by atoms with van der Waals surface area (Å²) in [5, 5.41) is 5.13. The highest BCUT2D eigenvalue weighted by Crippen LogP contribution is 2.26. The lowest BCUT2D eigenvalue weighted by atomic mass is 10.1. The van der Waals surface area contributed by atoms with Crippen molar-refractivity contribution in [1.29, 1.82) is 0 Å². The van der Waals surface area contributed by atoms with Gasteiger partial charge in [0.2, 0.25) is 10.0 Å². The lowest BCUT2D eigenvalue weighted by molar-refractivity contribution is 0.0783. The Morgan fingerprint density at radius 2 is 2.19 bits per heavy atom. The number of hydrogen-bond donors (Lipinski definition) is 1. The van der Waals surface area contributed by atoms with Crippen LogP contribution in [0.5, 0.6) is 5.75 Å². The number of ether oxygens (including phenoxy) is 1. The molecule has 0 saturated carbocycles. The van der Waals surface area contributed by atoms with Crippen LogP contribution in [0.1, 0.15) is 30.6 Å². The standard InChI is InChI=1S/C14H20N2O4S/c1-3-20-13-5-4-11(21(15,18)19)8-12(13)14(17)16-7-6-10(2)9-16/h4-5,8,10H,3,6-7,9H2,1-2H3,(H2,15,18,19). The van der Waals surface area contributed by atoms with Gasteiger partial charge in [0, 0.05) is 13.1 Å². The van der Waals surface area contributed by atoms with Gasteiger partial charge in [0.25, 0.3) is 5.91 Å². The smallest absolute Gasteiger partial charge is 0.257 e. The zero-order chi connectivity index (χ0) is 15.6. The second-order valence-electron chi connectivity index (χ2n) is 5.28. The zero-order valence-corrected chi connectivity index (χ0v) is 13.0. The number of carbonyl (C=O) groups is 1. The minimum absolute atomic E-state index is 0.0819. The average molecular weight is 312 g/mol. The van der Waals surface area contributed by atoms with E-state index in [4.69, 9.17) is 9.88 Å². The Bertz CT molecular complexity index is 642. The molecule has 2 N–H and O–H groups in total. The fourth-order valence-corrected chi connectivity index (χ4v) is 2.96. The van der Waals surface area contributed by atoms with Crippen LogP contribution in [0.4, 0.5) is 0 Å². The molecule has 2 rings (SSSR count). The van der Waals surface area contributed by atoms with Gasteiger partial charge < -0.3 is 9.64 Å². The van der Waals surface area contributed by atoms with Gasteiger partial charge in [0.1, 0.15) is 5.75 Å². The topological polar surface area (TPSA) is 89.7 Å². The summed E-state index contributed by atoms with van der Waals surface area (Å²) in [6.07, 6.45) is 0.949. The Balaban J connectivity index is 2.41. The van der Waals surface area contributed by atoms with Crippen molar-refractivity contribution in [3.05, 3.63) is 23.8 Å². The van der Waals surface area contributed by atoms with Crippen LogP contribution >= 0.6 is 0 Å². The van der Waals surface area contributed by atoms with Gasteiger partial charge in [-0.3, -0.25) is 4.79 Å². The van der Waals surface area contributed by atoms with Gasteiger partial charge >= 0.3 is 0 Å². The SMILES string of the molecule is CCOc1ccc(S(N)(=O)=O)cc1C(=O)N1CCC(C)C1. The van der Waals surface area contributed by atoms with E-state index in [9.17, 15) is 13.2 Å². The normalized spacial score (nSPS) is 18.8. The first-order valence-electron chi connectivity index (χ1n) is 6.92. The van der Waals surface area contributed by atoms with Gasteiger partial charge in [0.15, 0.2) is 0 Å². The minimum Gasteiger partial charge on any atom is -0.493 e. The summed E-state index contributed by atoms with van der Waals surface area (Å²) in [4.78, 5) is 14.2. The highest BCUT2D eigenvalue weighted by Gasteiger charge is 2.27. The third kappa shape index (κ3) is 3.54. The molecule has 1 heterocycles. The minimum atomic E-state index is -3.85. The van der Waals surface area contributed by atoms with Crippen molar-refractivity contribution >= 4 is 15.9 Å². The first-order valence-corrected chi connectivity index (χ1v) is 8.46. The second-order valence-corrected chi connectivity index (χ2v) is 6.84. The van der Waals surface area contributed by atoms with Crippen molar-refractivity contribution in [1.82, 2.24) is 4.90 Å². The molecule has 0 spiro atoms. The maximum absolute atomic E-state index is 12.6. The molecule has 0 bridgehead atoms.